The molecule has 2 rings (SSSR count). The number of aryl methyl sites for hydroxylation is 1. The summed E-state index contributed by atoms with van der Waals surface area (Å²) in [6.45, 7) is 1.44. The van der Waals surface area contributed by atoms with Gasteiger partial charge >= 0.3 is 12.1 Å². The van der Waals surface area contributed by atoms with Gasteiger partial charge in [0.2, 0.25) is 0 Å². The van der Waals surface area contributed by atoms with Crippen molar-refractivity contribution in [2.45, 2.75) is 25.6 Å². The lowest BCUT2D eigenvalue weighted by atomic mass is 9.97. The van der Waals surface area contributed by atoms with Crippen molar-refractivity contribution in [3.63, 3.8) is 0 Å². The zero-order chi connectivity index (χ0) is 19.6. The lowest BCUT2D eigenvalue weighted by Gasteiger charge is -2.16. The monoisotopic (exact) mass is 404 g/mol. The van der Waals surface area contributed by atoms with E-state index in [9.17, 15) is 22.8 Å². The van der Waals surface area contributed by atoms with Gasteiger partial charge in [0.25, 0.3) is 5.56 Å². The molecule has 148 valence electrons. The maximum Gasteiger partial charge on any atom is 0.417 e. The predicted octanol–water partition coefficient (Wildman–Crippen LogP) is 2.84. The lowest BCUT2D eigenvalue weighted by Crippen LogP contribution is -2.33. The van der Waals surface area contributed by atoms with Crippen LogP contribution in [0.15, 0.2) is 35.1 Å². The van der Waals surface area contributed by atoms with E-state index in [2.05, 4.69) is 4.74 Å². The average molecular weight is 405 g/mol. The molecular formula is C18H20ClF3N2O3. The zero-order valence-electron chi connectivity index (χ0n) is 15.0. The van der Waals surface area contributed by atoms with E-state index in [0.29, 0.717) is 5.56 Å². The van der Waals surface area contributed by atoms with E-state index in [1.54, 1.807) is 0 Å². The van der Waals surface area contributed by atoms with Crippen LogP contribution in [0.1, 0.15) is 16.8 Å². The van der Waals surface area contributed by atoms with Gasteiger partial charge in [-0.05, 0) is 30.5 Å². The first kappa shape index (κ1) is 22.7. The molecule has 0 aliphatic rings. The van der Waals surface area contributed by atoms with Gasteiger partial charge in [0, 0.05) is 12.7 Å². The predicted molar refractivity (Wildman–Crippen MR) is 97.8 cm³/mol. The number of benzene rings is 1. The summed E-state index contributed by atoms with van der Waals surface area (Å²) in [6.07, 6.45) is -4.48. The number of hydrogen-bond donors (Lipinski definition) is 1. The Hall–Kier alpha value is -2.32. The Balaban J connectivity index is 0.00000364. The van der Waals surface area contributed by atoms with Gasteiger partial charge in [0.15, 0.2) is 0 Å². The van der Waals surface area contributed by atoms with Crippen LogP contribution in [0, 0.1) is 6.92 Å². The Morgan fingerprint density at radius 3 is 2.30 bits per heavy atom. The van der Waals surface area contributed by atoms with Gasteiger partial charge in [-0.15, -0.1) is 12.4 Å². The second-order valence-corrected chi connectivity index (χ2v) is 5.97. The first-order chi connectivity index (χ1) is 12.1. The van der Waals surface area contributed by atoms with Crippen LogP contribution in [0.3, 0.4) is 0 Å². The molecule has 0 aliphatic carbocycles. The maximum absolute atomic E-state index is 13.4. The number of esters is 1. The fourth-order valence-electron chi connectivity index (χ4n) is 2.62. The number of halogens is 4. The van der Waals surface area contributed by atoms with E-state index in [1.165, 1.54) is 49.9 Å². The highest BCUT2D eigenvalue weighted by molar-refractivity contribution is 5.85. The number of ether oxygens (including phenoxy) is 1. The molecule has 0 aliphatic heterocycles. The Morgan fingerprint density at radius 1 is 1.26 bits per heavy atom. The van der Waals surface area contributed by atoms with Gasteiger partial charge in [-0.2, -0.15) is 13.2 Å². The first-order valence-electron chi connectivity index (χ1n) is 7.76. The summed E-state index contributed by atoms with van der Waals surface area (Å²) >= 11 is 0. The number of nitrogens with two attached hydrogens (primary N) is 1. The van der Waals surface area contributed by atoms with E-state index in [1.807, 2.05) is 0 Å². The number of alkyl halides is 3. The van der Waals surface area contributed by atoms with E-state index >= 15 is 0 Å². The van der Waals surface area contributed by atoms with Crippen molar-refractivity contribution in [3.8, 4) is 11.1 Å². The van der Waals surface area contributed by atoms with Crippen molar-refractivity contribution in [1.82, 2.24) is 4.57 Å². The van der Waals surface area contributed by atoms with Gasteiger partial charge in [-0.25, -0.2) is 0 Å². The Kier molecular flexibility index (Phi) is 7.22. The number of aromatic nitrogens is 1. The van der Waals surface area contributed by atoms with Crippen molar-refractivity contribution in [2.24, 2.45) is 12.8 Å². The molecule has 0 bridgehead atoms. The number of nitrogens with zero attached hydrogens (tertiary/aromatic N) is 1. The van der Waals surface area contributed by atoms with E-state index in [0.717, 1.165) is 6.07 Å². The fraction of sp³-hybridized carbons (Fsp3) is 0.333. The highest BCUT2D eigenvalue weighted by atomic mass is 35.5. The molecule has 1 atom stereocenters. The summed E-state index contributed by atoms with van der Waals surface area (Å²) in [5, 5.41) is 0. The minimum absolute atomic E-state index is 0. The van der Waals surface area contributed by atoms with Crippen molar-refractivity contribution in [3.05, 3.63) is 57.5 Å². The van der Waals surface area contributed by atoms with Crippen LogP contribution in [0.5, 0.6) is 0 Å². The standard InChI is InChI=1S/C18H19F3N2O3.ClH/c1-10-8-13(18(19,20)21)15(16(24)23(10)2)12-6-4-11(5-7-12)9-14(22)17(25)26-3;/h4-8,14H,9,22H2,1-3H3;1H/t14-;/m0./s1. The quantitative estimate of drug-likeness (QED) is 0.795. The molecule has 0 radical (unpaired) electrons. The SMILES string of the molecule is COC(=O)[C@@H](N)Cc1ccc(-c2c(C(F)(F)F)cc(C)n(C)c2=O)cc1.Cl. The molecule has 5 nitrogen and oxygen atoms in total. The number of carbonyl (C=O) groups is 1. The number of rotatable bonds is 4. The van der Waals surface area contributed by atoms with Crippen LogP contribution in [-0.2, 0) is 29.2 Å². The van der Waals surface area contributed by atoms with Gasteiger partial charge in [-0.1, -0.05) is 24.3 Å². The second kappa shape index (κ2) is 8.58. The molecule has 0 unspecified atom stereocenters. The summed E-state index contributed by atoms with van der Waals surface area (Å²) in [7, 11) is 2.64. The van der Waals surface area contributed by atoms with Gasteiger partial charge in [0.1, 0.15) is 6.04 Å². The molecule has 0 saturated heterocycles. The van der Waals surface area contributed by atoms with Gasteiger partial charge in [0.05, 0.1) is 18.2 Å². The van der Waals surface area contributed by atoms with Crippen LogP contribution >= 0.6 is 12.4 Å². The van der Waals surface area contributed by atoms with Crippen LogP contribution in [-0.4, -0.2) is 23.7 Å². The third kappa shape index (κ3) is 4.90. The van der Waals surface area contributed by atoms with Gasteiger partial charge in [-0.3, -0.25) is 9.59 Å². The summed E-state index contributed by atoms with van der Waals surface area (Å²) in [4.78, 5) is 23.8. The fourth-order valence-corrected chi connectivity index (χ4v) is 2.62. The summed E-state index contributed by atoms with van der Waals surface area (Å²) in [5.74, 6) is -0.583. The Bertz CT molecular complexity index is 877. The smallest absolute Gasteiger partial charge is 0.417 e. The van der Waals surface area contributed by atoms with E-state index in [4.69, 9.17) is 5.73 Å². The molecule has 1 heterocycles. The maximum atomic E-state index is 13.4. The lowest BCUT2D eigenvalue weighted by molar-refractivity contribution is -0.142. The highest BCUT2D eigenvalue weighted by Gasteiger charge is 2.35. The molecule has 0 spiro atoms. The number of hydrogen-bond acceptors (Lipinski definition) is 4. The van der Waals surface area contributed by atoms with Crippen molar-refractivity contribution in [1.29, 1.82) is 0 Å². The summed E-state index contributed by atoms with van der Waals surface area (Å²) < 4.78 is 45.9. The first-order valence-corrected chi connectivity index (χ1v) is 7.76. The third-order valence-corrected chi connectivity index (χ3v) is 4.18. The minimum Gasteiger partial charge on any atom is -0.468 e. The van der Waals surface area contributed by atoms with E-state index in [-0.39, 0.29) is 30.1 Å². The normalized spacial score (nSPS) is 12.3. The molecule has 9 heteroatoms. The van der Waals surface area contributed by atoms with Crippen molar-refractivity contribution >= 4 is 18.4 Å². The topological polar surface area (TPSA) is 74.3 Å². The number of methoxy groups -OCH3 is 1. The molecule has 1 aromatic carbocycles. The second-order valence-electron chi connectivity index (χ2n) is 5.97. The minimum atomic E-state index is -4.65. The molecule has 0 fully saturated rings. The molecule has 2 aromatic rings. The van der Waals surface area contributed by atoms with Crippen molar-refractivity contribution < 1.29 is 22.7 Å². The largest absolute Gasteiger partial charge is 0.468 e. The number of carbonyl (C=O) groups excluding carboxylic acids is 1. The molecular weight excluding hydrogens is 385 g/mol. The van der Waals surface area contributed by atoms with Gasteiger partial charge < -0.3 is 15.0 Å². The van der Waals surface area contributed by atoms with E-state index < -0.39 is 34.9 Å². The highest BCUT2D eigenvalue weighted by Crippen LogP contribution is 2.35. The summed E-state index contributed by atoms with van der Waals surface area (Å²) in [6, 6.07) is 6.00. The average Bonchev–Trinajstić information content (AvgIpc) is 2.58. The molecule has 27 heavy (non-hydrogen) atoms. The Labute approximate surface area is 160 Å². The zero-order valence-corrected chi connectivity index (χ0v) is 15.8. The van der Waals surface area contributed by atoms with Crippen molar-refractivity contribution in [2.75, 3.05) is 7.11 Å². The van der Waals surface area contributed by atoms with Crippen LogP contribution in [0.2, 0.25) is 0 Å². The molecule has 1 aromatic heterocycles. The van der Waals surface area contributed by atoms with Crippen LogP contribution < -0.4 is 11.3 Å². The summed E-state index contributed by atoms with van der Waals surface area (Å²) in [5.41, 5.74) is 4.57. The Morgan fingerprint density at radius 2 is 1.81 bits per heavy atom. The molecule has 0 saturated carbocycles. The third-order valence-electron chi connectivity index (χ3n) is 4.18. The number of pyridine rings is 1. The molecule has 0 amide bonds. The molecule has 2 N–H and O–H groups in total. The van der Waals surface area contributed by atoms with Crippen LogP contribution in [0.25, 0.3) is 11.1 Å². The van der Waals surface area contributed by atoms with Crippen LogP contribution in [0.4, 0.5) is 13.2 Å².